The number of para-hydroxylation sites is 1. The fraction of sp³-hybridized carbons (Fsp3) is 0.250. The molecule has 0 aliphatic rings. The summed E-state index contributed by atoms with van der Waals surface area (Å²) in [7, 11) is 3.27. The van der Waals surface area contributed by atoms with Gasteiger partial charge in [-0.05, 0) is 12.1 Å². The largest absolute Gasteiger partial charge is 0.497 e. The van der Waals surface area contributed by atoms with Crippen LogP contribution < -0.4 is 14.2 Å². The fourth-order valence-electron chi connectivity index (χ4n) is 1.88. The number of methoxy groups -OCH3 is 2. The molecule has 0 unspecified atom stereocenters. The average molecular weight is 293 g/mol. The Morgan fingerprint density at radius 2 is 1.70 bits per heavy atom. The summed E-state index contributed by atoms with van der Waals surface area (Å²) < 4.78 is 16.4. The molecule has 0 heterocycles. The van der Waals surface area contributed by atoms with Crippen molar-refractivity contribution < 1.29 is 14.2 Å². The molecule has 0 N–H and O–H groups in total. The van der Waals surface area contributed by atoms with Crippen LogP contribution >= 0.6 is 11.6 Å². The second-order valence-corrected chi connectivity index (χ2v) is 4.48. The summed E-state index contributed by atoms with van der Waals surface area (Å²) in [4.78, 5) is 0. The maximum atomic E-state index is 5.92. The van der Waals surface area contributed by atoms with Gasteiger partial charge in [0.1, 0.15) is 23.9 Å². The summed E-state index contributed by atoms with van der Waals surface area (Å²) in [6, 6.07) is 13.4. The van der Waals surface area contributed by atoms with Crippen LogP contribution in [-0.4, -0.2) is 14.2 Å². The summed E-state index contributed by atoms with van der Waals surface area (Å²) in [5.41, 5.74) is 1.92. The number of hydrogen-bond donors (Lipinski definition) is 0. The number of hydrogen-bond acceptors (Lipinski definition) is 3. The maximum Gasteiger partial charge on any atom is 0.127 e. The standard InChI is InChI=1S/C16H17ClO3/c1-18-14-8-7-12(10-17)16(9-14)20-11-13-5-3-4-6-15(13)19-2/h3-9H,10-11H2,1-2H3. The second kappa shape index (κ2) is 7.06. The smallest absolute Gasteiger partial charge is 0.127 e. The van der Waals surface area contributed by atoms with E-state index in [1.807, 2.05) is 42.5 Å². The van der Waals surface area contributed by atoms with E-state index >= 15 is 0 Å². The van der Waals surface area contributed by atoms with E-state index in [2.05, 4.69) is 0 Å². The highest BCUT2D eigenvalue weighted by Crippen LogP contribution is 2.28. The van der Waals surface area contributed by atoms with Gasteiger partial charge in [-0.3, -0.25) is 0 Å². The van der Waals surface area contributed by atoms with Crippen molar-refractivity contribution >= 4 is 11.6 Å². The molecule has 2 aromatic rings. The van der Waals surface area contributed by atoms with Crippen LogP contribution in [0, 0.1) is 0 Å². The Labute approximate surface area is 124 Å². The number of halogens is 1. The zero-order chi connectivity index (χ0) is 14.4. The molecular formula is C16H17ClO3. The minimum atomic E-state index is 0.394. The summed E-state index contributed by atoms with van der Waals surface area (Å²) in [5.74, 6) is 2.67. The van der Waals surface area contributed by atoms with E-state index in [1.54, 1.807) is 14.2 Å². The van der Waals surface area contributed by atoms with E-state index in [4.69, 9.17) is 25.8 Å². The number of alkyl halides is 1. The molecule has 0 radical (unpaired) electrons. The van der Waals surface area contributed by atoms with E-state index in [1.165, 1.54) is 0 Å². The molecule has 0 saturated carbocycles. The minimum Gasteiger partial charge on any atom is -0.497 e. The Morgan fingerprint density at radius 3 is 2.40 bits per heavy atom. The highest BCUT2D eigenvalue weighted by Gasteiger charge is 2.07. The van der Waals surface area contributed by atoms with Crippen LogP contribution in [0.3, 0.4) is 0 Å². The van der Waals surface area contributed by atoms with Gasteiger partial charge in [-0.1, -0.05) is 24.3 Å². The molecule has 0 fully saturated rings. The average Bonchev–Trinajstić information content (AvgIpc) is 2.52. The predicted molar refractivity (Wildman–Crippen MR) is 79.9 cm³/mol. The molecule has 0 saturated heterocycles. The highest BCUT2D eigenvalue weighted by molar-refractivity contribution is 6.17. The van der Waals surface area contributed by atoms with Crippen LogP contribution in [0.1, 0.15) is 11.1 Å². The van der Waals surface area contributed by atoms with Crippen LogP contribution in [0.5, 0.6) is 17.2 Å². The molecule has 4 heteroatoms. The molecule has 0 bridgehead atoms. The molecule has 20 heavy (non-hydrogen) atoms. The van der Waals surface area contributed by atoms with Crippen LogP contribution in [0.15, 0.2) is 42.5 Å². The van der Waals surface area contributed by atoms with E-state index in [-0.39, 0.29) is 0 Å². The molecule has 0 aromatic heterocycles. The zero-order valence-electron chi connectivity index (χ0n) is 11.6. The highest BCUT2D eigenvalue weighted by atomic mass is 35.5. The maximum absolute atomic E-state index is 5.92. The summed E-state index contributed by atoms with van der Waals surface area (Å²) in [6.45, 7) is 0.418. The van der Waals surface area contributed by atoms with Gasteiger partial charge in [-0.2, -0.15) is 0 Å². The Kier molecular flexibility index (Phi) is 5.13. The van der Waals surface area contributed by atoms with Gasteiger partial charge in [-0.15, -0.1) is 11.6 Å². The van der Waals surface area contributed by atoms with Crippen molar-refractivity contribution in [2.75, 3.05) is 14.2 Å². The molecule has 0 aliphatic heterocycles. The summed E-state index contributed by atoms with van der Waals surface area (Å²) >= 11 is 5.92. The third-order valence-corrected chi connectivity index (χ3v) is 3.28. The van der Waals surface area contributed by atoms with Gasteiger partial charge in [-0.25, -0.2) is 0 Å². The molecule has 3 nitrogen and oxygen atoms in total. The number of benzene rings is 2. The lowest BCUT2D eigenvalue weighted by Gasteiger charge is -2.13. The van der Waals surface area contributed by atoms with Gasteiger partial charge in [0, 0.05) is 17.2 Å². The molecule has 0 aliphatic carbocycles. The van der Waals surface area contributed by atoms with E-state index in [0.29, 0.717) is 12.5 Å². The Balaban J connectivity index is 2.17. The molecule has 2 aromatic carbocycles. The first kappa shape index (κ1) is 14.5. The molecule has 2 rings (SSSR count). The van der Waals surface area contributed by atoms with Crippen LogP contribution in [0.25, 0.3) is 0 Å². The van der Waals surface area contributed by atoms with Gasteiger partial charge in [0.2, 0.25) is 0 Å². The van der Waals surface area contributed by atoms with E-state index in [9.17, 15) is 0 Å². The van der Waals surface area contributed by atoms with Crippen molar-refractivity contribution in [1.82, 2.24) is 0 Å². The van der Waals surface area contributed by atoms with Gasteiger partial charge >= 0.3 is 0 Å². The van der Waals surface area contributed by atoms with Crippen molar-refractivity contribution in [2.24, 2.45) is 0 Å². The van der Waals surface area contributed by atoms with Crippen molar-refractivity contribution in [3.63, 3.8) is 0 Å². The Morgan fingerprint density at radius 1 is 0.900 bits per heavy atom. The minimum absolute atomic E-state index is 0.394. The second-order valence-electron chi connectivity index (χ2n) is 4.21. The lowest BCUT2D eigenvalue weighted by molar-refractivity contribution is 0.292. The number of ether oxygens (including phenoxy) is 3. The summed E-state index contributed by atoms with van der Waals surface area (Å²) in [5, 5.41) is 0. The molecule has 106 valence electrons. The first-order valence-electron chi connectivity index (χ1n) is 6.26. The molecule has 0 spiro atoms. The molecular weight excluding hydrogens is 276 g/mol. The van der Waals surface area contributed by atoms with Crippen molar-refractivity contribution in [2.45, 2.75) is 12.5 Å². The van der Waals surface area contributed by atoms with Gasteiger partial charge in [0.05, 0.1) is 20.1 Å². The monoisotopic (exact) mass is 292 g/mol. The van der Waals surface area contributed by atoms with Gasteiger partial charge < -0.3 is 14.2 Å². The Hall–Kier alpha value is -1.87. The third-order valence-electron chi connectivity index (χ3n) is 2.99. The van der Waals surface area contributed by atoms with Crippen LogP contribution in [0.4, 0.5) is 0 Å². The van der Waals surface area contributed by atoms with E-state index < -0.39 is 0 Å². The molecule has 0 atom stereocenters. The fourth-order valence-corrected chi connectivity index (χ4v) is 2.11. The lowest BCUT2D eigenvalue weighted by atomic mass is 10.2. The zero-order valence-corrected chi connectivity index (χ0v) is 12.3. The Bertz CT molecular complexity index is 569. The summed E-state index contributed by atoms with van der Waals surface area (Å²) in [6.07, 6.45) is 0. The molecule has 0 amide bonds. The van der Waals surface area contributed by atoms with Crippen LogP contribution in [-0.2, 0) is 12.5 Å². The van der Waals surface area contributed by atoms with Crippen molar-refractivity contribution in [3.05, 3.63) is 53.6 Å². The SMILES string of the molecule is COc1ccc(CCl)c(OCc2ccccc2OC)c1. The first-order valence-corrected chi connectivity index (χ1v) is 6.79. The first-order chi connectivity index (χ1) is 9.78. The van der Waals surface area contributed by atoms with Crippen molar-refractivity contribution in [3.8, 4) is 17.2 Å². The van der Waals surface area contributed by atoms with Gasteiger partial charge in [0.15, 0.2) is 0 Å². The number of rotatable bonds is 6. The van der Waals surface area contributed by atoms with E-state index in [0.717, 1.165) is 28.4 Å². The lowest BCUT2D eigenvalue weighted by Crippen LogP contribution is -2.00. The quantitative estimate of drug-likeness (QED) is 0.753. The van der Waals surface area contributed by atoms with Crippen LogP contribution in [0.2, 0.25) is 0 Å². The van der Waals surface area contributed by atoms with Gasteiger partial charge in [0.25, 0.3) is 0 Å². The third kappa shape index (κ3) is 3.36. The van der Waals surface area contributed by atoms with Crippen molar-refractivity contribution in [1.29, 1.82) is 0 Å². The predicted octanol–water partition coefficient (Wildman–Crippen LogP) is 4.02. The topological polar surface area (TPSA) is 27.7 Å². The normalized spacial score (nSPS) is 10.2.